The minimum atomic E-state index is -3.47. The van der Waals surface area contributed by atoms with Gasteiger partial charge in [0.05, 0.1) is 15.6 Å². The molecule has 6 heteroatoms. The summed E-state index contributed by atoms with van der Waals surface area (Å²) in [6.07, 6.45) is 2.92. The minimum absolute atomic E-state index is 0.116. The largest absolute Gasteiger partial charge is 0.397 e. The Labute approximate surface area is 126 Å². The number of nitrogens with two attached hydrogens (primary N) is 1. The van der Waals surface area contributed by atoms with Crippen LogP contribution in [0.1, 0.15) is 33.1 Å². The van der Waals surface area contributed by atoms with Crippen molar-refractivity contribution in [1.29, 1.82) is 0 Å². The molecule has 1 aliphatic heterocycles. The lowest BCUT2D eigenvalue weighted by Crippen LogP contribution is -2.31. The summed E-state index contributed by atoms with van der Waals surface area (Å²) < 4.78 is 26.9. The van der Waals surface area contributed by atoms with Crippen LogP contribution < -0.4 is 5.73 Å². The average molecular weight is 317 g/mol. The molecule has 2 N–H and O–H groups in total. The molecule has 2 rings (SSSR count). The molecule has 0 atom stereocenters. The number of halogens is 1. The van der Waals surface area contributed by atoms with Crippen molar-refractivity contribution >= 4 is 27.3 Å². The molecule has 0 unspecified atom stereocenters. The Balaban J connectivity index is 2.30. The van der Waals surface area contributed by atoms with Gasteiger partial charge in [0, 0.05) is 13.1 Å². The molecule has 0 saturated carbocycles. The normalized spacial score (nSPS) is 19.4. The summed E-state index contributed by atoms with van der Waals surface area (Å²) in [7, 11) is -3.47. The van der Waals surface area contributed by atoms with Gasteiger partial charge in [0.25, 0.3) is 0 Å². The van der Waals surface area contributed by atoms with E-state index < -0.39 is 10.0 Å². The maximum Gasteiger partial charge on any atom is 0.243 e. The standard InChI is InChI=1S/C14H21ClN2O2S/c1-3-14(4-2)7-8-17(10-14)20(18,19)11-5-6-12(15)13(16)9-11/h5-6,9H,3-4,7-8,10,16H2,1-2H3. The molecule has 1 fully saturated rings. The molecular formula is C14H21ClN2O2S. The fourth-order valence-corrected chi connectivity index (χ4v) is 4.46. The van der Waals surface area contributed by atoms with Crippen LogP contribution in [-0.2, 0) is 10.0 Å². The number of nitrogen functional groups attached to an aromatic ring is 1. The van der Waals surface area contributed by atoms with Crippen LogP contribution in [0.2, 0.25) is 5.02 Å². The van der Waals surface area contributed by atoms with Gasteiger partial charge in [0.1, 0.15) is 0 Å². The second kappa shape index (κ2) is 5.54. The third kappa shape index (κ3) is 2.67. The van der Waals surface area contributed by atoms with E-state index in [0.29, 0.717) is 23.8 Å². The Bertz CT molecular complexity index is 597. The lowest BCUT2D eigenvalue weighted by molar-refractivity contribution is 0.279. The average Bonchev–Trinajstić information content (AvgIpc) is 2.87. The van der Waals surface area contributed by atoms with Crippen molar-refractivity contribution in [3.8, 4) is 0 Å². The van der Waals surface area contributed by atoms with E-state index in [4.69, 9.17) is 17.3 Å². The summed E-state index contributed by atoms with van der Waals surface area (Å²) in [5, 5.41) is 0.377. The molecule has 20 heavy (non-hydrogen) atoms. The van der Waals surface area contributed by atoms with Crippen LogP contribution in [0.5, 0.6) is 0 Å². The van der Waals surface area contributed by atoms with Crippen LogP contribution >= 0.6 is 11.6 Å². The smallest absolute Gasteiger partial charge is 0.243 e. The molecular weight excluding hydrogens is 296 g/mol. The van der Waals surface area contributed by atoms with Crippen molar-refractivity contribution in [2.75, 3.05) is 18.8 Å². The number of hydrogen-bond acceptors (Lipinski definition) is 3. The Morgan fingerprint density at radius 1 is 1.35 bits per heavy atom. The molecule has 0 radical (unpaired) electrons. The second-order valence-electron chi connectivity index (χ2n) is 5.48. The summed E-state index contributed by atoms with van der Waals surface area (Å²) in [6, 6.07) is 4.49. The molecule has 1 heterocycles. The number of nitrogens with zero attached hydrogens (tertiary/aromatic N) is 1. The Morgan fingerprint density at radius 2 is 2.00 bits per heavy atom. The number of rotatable bonds is 4. The highest BCUT2D eigenvalue weighted by molar-refractivity contribution is 7.89. The Kier molecular flexibility index (Phi) is 4.33. The number of sulfonamides is 1. The van der Waals surface area contributed by atoms with Gasteiger partial charge in [-0.3, -0.25) is 0 Å². The van der Waals surface area contributed by atoms with Crippen molar-refractivity contribution in [1.82, 2.24) is 4.31 Å². The van der Waals surface area contributed by atoms with Gasteiger partial charge in [0.2, 0.25) is 10.0 Å². The first-order chi connectivity index (χ1) is 9.34. The summed E-state index contributed by atoms with van der Waals surface area (Å²) in [5.74, 6) is 0. The Morgan fingerprint density at radius 3 is 2.50 bits per heavy atom. The first-order valence-corrected chi connectivity index (χ1v) is 8.71. The van der Waals surface area contributed by atoms with Crippen molar-refractivity contribution in [3.63, 3.8) is 0 Å². The molecule has 1 saturated heterocycles. The highest BCUT2D eigenvalue weighted by Crippen LogP contribution is 2.39. The SMILES string of the molecule is CCC1(CC)CCN(S(=O)(=O)c2ccc(Cl)c(N)c2)C1. The minimum Gasteiger partial charge on any atom is -0.397 e. The second-order valence-corrected chi connectivity index (χ2v) is 7.82. The van der Waals surface area contributed by atoms with E-state index in [1.165, 1.54) is 18.2 Å². The van der Waals surface area contributed by atoms with Gasteiger partial charge in [-0.05, 0) is 42.9 Å². The van der Waals surface area contributed by atoms with Gasteiger partial charge in [0.15, 0.2) is 0 Å². The number of hydrogen-bond donors (Lipinski definition) is 1. The van der Waals surface area contributed by atoms with E-state index in [9.17, 15) is 8.42 Å². The maximum absolute atomic E-state index is 12.6. The van der Waals surface area contributed by atoms with Crippen LogP contribution in [0, 0.1) is 5.41 Å². The zero-order valence-corrected chi connectivity index (χ0v) is 13.5. The topological polar surface area (TPSA) is 63.4 Å². The van der Waals surface area contributed by atoms with Crippen molar-refractivity contribution in [3.05, 3.63) is 23.2 Å². The molecule has 112 valence electrons. The quantitative estimate of drug-likeness (QED) is 0.868. The maximum atomic E-state index is 12.6. The first kappa shape index (κ1) is 15.6. The summed E-state index contributed by atoms with van der Waals surface area (Å²) in [6.45, 7) is 5.41. The molecule has 0 aliphatic carbocycles. The lowest BCUT2D eigenvalue weighted by Gasteiger charge is -2.26. The molecule has 0 amide bonds. The predicted molar refractivity (Wildman–Crippen MR) is 82.3 cm³/mol. The van der Waals surface area contributed by atoms with Gasteiger partial charge in [-0.1, -0.05) is 25.4 Å². The Hall–Kier alpha value is -0.780. The number of benzene rings is 1. The van der Waals surface area contributed by atoms with Gasteiger partial charge in [-0.15, -0.1) is 0 Å². The van der Waals surface area contributed by atoms with Crippen molar-refractivity contribution in [2.45, 2.75) is 38.0 Å². The van der Waals surface area contributed by atoms with E-state index in [1.54, 1.807) is 4.31 Å². The van der Waals surface area contributed by atoms with E-state index >= 15 is 0 Å². The zero-order valence-electron chi connectivity index (χ0n) is 11.9. The third-order valence-electron chi connectivity index (χ3n) is 4.51. The summed E-state index contributed by atoms with van der Waals surface area (Å²) >= 11 is 5.85. The van der Waals surface area contributed by atoms with Gasteiger partial charge in [-0.25, -0.2) is 8.42 Å². The first-order valence-electron chi connectivity index (χ1n) is 6.90. The van der Waals surface area contributed by atoms with E-state index in [0.717, 1.165) is 19.3 Å². The highest BCUT2D eigenvalue weighted by Gasteiger charge is 2.40. The fourth-order valence-electron chi connectivity index (χ4n) is 2.76. The zero-order chi connectivity index (χ0) is 15.0. The van der Waals surface area contributed by atoms with E-state index in [-0.39, 0.29) is 10.3 Å². The van der Waals surface area contributed by atoms with Crippen LogP contribution in [0.25, 0.3) is 0 Å². The van der Waals surface area contributed by atoms with Crippen LogP contribution in [-0.4, -0.2) is 25.8 Å². The highest BCUT2D eigenvalue weighted by atomic mass is 35.5. The molecule has 0 bridgehead atoms. The molecule has 1 aliphatic rings. The van der Waals surface area contributed by atoms with Crippen LogP contribution in [0.15, 0.2) is 23.1 Å². The lowest BCUT2D eigenvalue weighted by atomic mass is 9.82. The summed E-state index contributed by atoms with van der Waals surface area (Å²) in [5.41, 5.74) is 6.12. The van der Waals surface area contributed by atoms with Crippen molar-refractivity contribution in [2.24, 2.45) is 5.41 Å². The van der Waals surface area contributed by atoms with E-state index in [1.807, 2.05) is 0 Å². The van der Waals surface area contributed by atoms with E-state index in [2.05, 4.69) is 13.8 Å². The molecule has 0 aromatic heterocycles. The molecule has 1 aromatic carbocycles. The van der Waals surface area contributed by atoms with Gasteiger partial charge in [-0.2, -0.15) is 4.31 Å². The molecule has 0 spiro atoms. The van der Waals surface area contributed by atoms with Crippen LogP contribution in [0.4, 0.5) is 5.69 Å². The van der Waals surface area contributed by atoms with Crippen LogP contribution in [0.3, 0.4) is 0 Å². The fraction of sp³-hybridized carbons (Fsp3) is 0.571. The predicted octanol–water partition coefficient (Wildman–Crippen LogP) is 3.12. The van der Waals surface area contributed by atoms with Gasteiger partial charge >= 0.3 is 0 Å². The summed E-state index contributed by atoms with van der Waals surface area (Å²) in [4.78, 5) is 0.224. The van der Waals surface area contributed by atoms with Crippen molar-refractivity contribution < 1.29 is 8.42 Å². The van der Waals surface area contributed by atoms with Gasteiger partial charge < -0.3 is 5.73 Å². The molecule has 4 nitrogen and oxygen atoms in total. The third-order valence-corrected chi connectivity index (χ3v) is 6.69. The monoisotopic (exact) mass is 316 g/mol. The number of anilines is 1. The molecule has 1 aromatic rings.